The molecule has 18 heavy (non-hydrogen) atoms. The molecule has 2 N–H and O–H groups in total. The van der Waals surface area contributed by atoms with Gasteiger partial charge in [-0.3, -0.25) is 0 Å². The van der Waals surface area contributed by atoms with E-state index in [9.17, 15) is 0 Å². The zero-order chi connectivity index (χ0) is 13.9. The zero-order valence-corrected chi connectivity index (χ0v) is 12.1. The van der Waals surface area contributed by atoms with Gasteiger partial charge in [0.05, 0.1) is 13.2 Å². The summed E-state index contributed by atoms with van der Waals surface area (Å²) in [5.41, 5.74) is 10.0. The number of halogens is 1. The summed E-state index contributed by atoms with van der Waals surface area (Å²) in [7, 11) is 1.63. The van der Waals surface area contributed by atoms with Crippen LogP contribution in [0.1, 0.15) is 41.1 Å². The van der Waals surface area contributed by atoms with Crippen LogP contribution in [0, 0.1) is 32.1 Å². The van der Waals surface area contributed by atoms with E-state index in [1.54, 1.807) is 7.11 Å². The van der Waals surface area contributed by atoms with Crippen LogP contribution in [0.3, 0.4) is 0 Å². The summed E-state index contributed by atoms with van der Waals surface area (Å²) in [5.74, 6) is 0.792. The Morgan fingerprint density at radius 1 is 1.28 bits per heavy atom. The minimum atomic E-state index is -0.226. The molecule has 0 heterocycles. The number of hydrogen-bond acceptors (Lipinski definition) is 3. The Kier molecular flexibility index (Phi) is 5.01. The molecule has 1 rings (SSSR count). The second kappa shape index (κ2) is 6.08. The second-order valence-electron chi connectivity index (χ2n) is 4.44. The van der Waals surface area contributed by atoms with Crippen molar-refractivity contribution in [3.05, 3.63) is 27.3 Å². The first-order valence-corrected chi connectivity index (χ1v) is 6.29. The first-order valence-electron chi connectivity index (χ1n) is 5.91. The van der Waals surface area contributed by atoms with Crippen molar-refractivity contribution >= 4 is 11.6 Å². The van der Waals surface area contributed by atoms with Crippen molar-refractivity contribution in [2.45, 2.75) is 39.7 Å². The second-order valence-corrected chi connectivity index (χ2v) is 4.82. The number of nitrogens with two attached hydrogens (primary N) is 1. The minimum Gasteiger partial charge on any atom is -0.496 e. The summed E-state index contributed by atoms with van der Waals surface area (Å²) >= 11 is 6.32. The number of rotatable bonds is 4. The van der Waals surface area contributed by atoms with E-state index in [2.05, 4.69) is 6.07 Å². The fourth-order valence-electron chi connectivity index (χ4n) is 2.18. The molecule has 1 aromatic carbocycles. The topological polar surface area (TPSA) is 59.0 Å². The molecule has 0 saturated heterocycles. The molecule has 0 aliphatic rings. The van der Waals surface area contributed by atoms with Crippen LogP contribution >= 0.6 is 11.6 Å². The van der Waals surface area contributed by atoms with Crippen LogP contribution in [0.5, 0.6) is 5.75 Å². The summed E-state index contributed by atoms with van der Waals surface area (Å²) in [5, 5.41) is 9.38. The van der Waals surface area contributed by atoms with Gasteiger partial charge in [-0.05, 0) is 43.9 Å². The molecule has 0 amide bonds. The highest BCUT2D eigenvalue weighted by atomic mass is 35.5. The SMILES string of the molecule is COc1c(C)c(C)c(Cl)c(C)c1C(N)CCC#N. The van der Waals surface area contributed by atoms with Crippen LogP contribution in [-0.2, 0) is 0 Å². The molecule has 0 fully saturated rings. The maximum atomic E-state index is 8.65. The number of nitrogens with zero attached hydrogens (tertiary/aromatic N) is 1. The smallest absolute Gasteiger partial charge is 0.127 e. The average Bonchev–Trinajstić information content (AvgIpc) is 2.37. The van der Waals surface area contributed by atoms with E-state index >= 15 is 0 Å². The molecule has 0 aromatic heterocycles. The zero-order valence-electron chi connectivity index (χ0n) is 11.3. The third-order valence-electron chi connectivity index (χ3n) is 3.35. The maximum Gasteiger partial charge on any atom is 0.127 e. The molecule has 1 atom stereocenters. The van der Waals surface area contributed by atoms with Gasteiger partial charge in [0.25, 0.3) is 0 Å². The highest BCUT2D eigenvalue weighted by Gasteiger charge is 2.21. The molecular weight excluding hydrogens is 248 g/mol. The van der Waals surface area contributed by atoms with Crippen LogP contribution in [-0.4, -0.2) is 7.11 Å². The summed E-state index contributed by atoms with van der Waals surface area (Å²) in [6.45, 7) is 5.89. The molecule has 4 heteroatoms. The number of methoxy groups -OCH3 is 1. The Morgan fingerprint density at radius 3 is 2.39 bits per heavy atom. The number of nitriles is 1. The van der Waals surface area contributed by atoms with E-state index in [1.165, 1.54) is 0 Å². The first-order chi connectivity index (χ1) is 8.45. The van der Waals surface area contributed by atoms with Crippen molar-refractivity contribution in [3.63, 3.8) is 0 Å². The van der Waals surface area contributed by atoms with Crippen molar-refractivity contribution in [3.8, 4) is 11.8 Å². The first kappa shape index (κ1) is 14.8. The average molecular weight is 267 g/mol. The predicted molar refractivity (Wildman–Crippen MR) is 74.0 cm³/mol. The number of benzene rings is 1. The van der Waals surface area contributed by atoms with E-state index in [0.29, 0.717) is 12.8 Å². The summed E-state index contributed by atoms with van der Waals surface area (Å²) in [6.07, 6.45) is 1.03. The lowest BCUT2D eigenvalue weighted by Gasteiger charge is -2.22. The highest BCUT2D eigenvalue weighted by molar-refractivity contribution is 6.32. The highest BCUT2D eigenvalue weighted by Crippen LogP contribution is 2.39. The fourth-order valence-corrected chi connectivity index (χ4v) is 2.42. The summed E-state index contributed by atoms with van der Waals surface area (Å²) < 4.78 is 5.47. The van der Waals surface area contributed by atoms with E-state index in [1.807, 2.05) is 20.8 Å². The molecule has 1 unspecified atom stereocenters. The van der Waals surface area contributed by atoms with Crippen molar-refractivity contribution in [2.75, 3.05) is 7.11 Å². The summed E-state index contributed by atoms with van der Waals surface area (Å²) in [6, 6.07) is 1.89. The Balaban J connectivity index is 3.38. The third kappa shape index (κ3) is 2.60. The van der Waals surface area contributed by atoms with Gasteiger partial charge in [0, 0.05) is 23.0 Å². The van der Waals surface area contributed by atoms with Gasteiger partial charge in [0.2, 0.25) is 0 Å². The Labute approximate surface area is 114 Å². The van der Waals surface area contributed by atoms with E-state index < -0.39 is 0 Å². The van der Waals surface area contributed by atoms with Gasteiger partial charge in [-0.2, -0.15) is 5.26 Å². The molecule has 0 aliphatic heterocycles. The Hall–Kier alpha value is -1.24. The van der Waals surface area contributed by atoms with Crippen LogP contribution in [0.4, 0.5) is 0 Å². The van der Waals surface area contributed by atoms with Gasteiger partial charge < -0.3 is 10.5 Å². The van der Waals surface area contributed by atoms with E-state index in [4.69, 9.17) is 27.3 Å². The lowest BCUT2D eigenvalue weighted by Crippen LogP contribution is -2.14. The number of ether oxygens (including phenoxy) is 1. The quantitative estimate of drug-likeness (QED) is 0.906. The largest absolute Gasteiger partial charge is 0.496 e. The lowest BCUT2D eigenvalue weighted by molar-refractivity contribution is 0.400. The number of hydrogen-bond donors (Lipinski definition) is 1. The van der Waals surface area contributed by atoms with Crippen LogP contribution in [0.2, 0.25) is 5.02 Å². The summed E-state index contributed by atoms with van der Waals surface area (Å²) in [4.78, 5) is 0. The molecule has 0 radical (unpaired) electrons. The van der Waals surface area contributed by atoms with Gasteiger partial charge in [-0.15, -0.1) is 0 Å². The van der Waals surface area contributed by atoms with Crippen molar-refractivity contribution in [2.24, 2.45) is 5.73 Å². The van der Waals surface area contributed by atoms with Gasteiger partial charge >= 0.3 is 0 Å². The van der Waals surface area contributed by atoms with Gasteiger partial charge in [0.1, 0.15) is 5.75 Å². The Morgan fingerprint density at radius 2 is 1.89 bits per heavy atom. The Bertz CT molecular complexity index is 492. The van der Waals surface area contributed by atoms with Crippen molar-refractivity contribution < 1.29 is 4.74 Å². The standard InChI is InChI=1S/C14H19ClN2O/c1-8-9(2)14(18-4)12(10(3)13(8)15)11(17)6-5-7-16/h11H,5-6,17H2,1-4H3. The fraction of sp³-hybridized carbons (Fsp3) is 0.500. The van der Waals surface area contributed by atoms with Crippen molar-refractivity contribution in [1.82, 2.24) is 0 Å². The lowest BCUT2D eigenvalue weighted by atomic mass is 9.92. The molecule has 0 aliphatic carbocycles. The molecule has 98 valence electrons. The molecule has 0 spiro atoms. The molecule has 0 bridgehead atoms. The van der Waals surface area contributed by atoms with Gasteiger partial charge in [-0.1, -0.05) is 11.6 Å². The molecule has 1 aromatic rings. The van der Waals surface area contributed by atoms with Crippen molar-refractivity contribution in [1.29, 1.82) is 5.26 Å². The third-order valence-corrected chi connectivity index (χ3v) is 3.92. The van der Waals surface area contributed by atoms with E-state index in [-0.39, 0.29) is 6.04 Å². The van der Waals surface area contributed by atoms with E-state index in [0.717, 1.165) is 33.0 Å². The monoisotopic (exact) mass is 266 g/mol. The molecule has 3 nitrogen and oxygen atoms in total. The molecular formula is C14H19ClN2O. The molecule has 0 saturated carbocycles. The minimum absolute atomic E-state index is 0.226. The van der Waals surface area contributed by atoms with Crippen LogP contribution < -0.4 is 10.5 Å². The maximum absolute atomic E-state index is 8.65. The predicted octanol–water partition coefficient (Wildman–Crippen LogP) is 3.58. The van der Waals surface area contributed by atoms with Gasteiger partial charge in [0.15, 0.2) is 0 Å². The van der Waals surface area contributed by atoms with Gasteiger partial charge in [-0.25, -0.2) is 0 Å². The van der Waals surface area contributed by atoms with Crippen LogP contribution in [0.25, 0.3) is 0 Å². The normalized spacial score (nSPS) is 12.1. The van der Waals surface area contributed by atoms with Crippen LogP contribution in [0.15, 0.2) is 0 Å².